The van der Waals surface area contributed by atoms with Crippen molar-refractivity contribution in [3.63, 3.8) is 0 Å². The largest absolute Gasteiger partial charge is 0.370 e. The average molecular weight is 257 g/mol. The number of nitrogens with two attached hydrogens (primary N) is 1. The van der Waals surface area contributed by atoms with Gasteiger partial charge in [0.05, 0.1) is 6.04 Å². The summed E-state index contributed by atoms with van der Waals surface area (Å²) >= 11 is 0. The summed E-state index contributed by atoms with van der Waals surface area (Å²) in [6.45, 7) is 2.20. The Bertz CT molecular complexity index is 471. The highest BCUT2D eigenvalue weighted by molar-refractivity contribution is 5.78. The molecule has 0 heterocycles. The third-order valence-corrected chi connectivity index (χ3v) is 4.51. The minimum absolute atomic E-state index is 0.486. The molecule has 0 radical (unpaired) electrons. The maximum Gasteiger partial charge on any atom is 0.189 e. The van der Waals surface area contributed by atoms with Crippen molar-refractivity contribution in [2.75, 3.05) is 0 Å². The van der Waals surface area contributed by atoms with Crippen LogP contribution in [0, 0.1) is 6.92 Å². The van der Waals surface area contributed by atoms with Gasteiger partial charge >= 0.3 is 0 Å². The summed E-state index contributed by atoms with van der Waals surface area (Å²) in [5, 5.41) is 3.36. The highest BCUT2D eigenvalue weighted by Gasteiger charge is 2.31. The SMILES string of the molecule is Cc1ccccc1C1CC(NC(N)=NC2CCC2)C1. The molecule has 0 amide bonds. The third kappa shape index (κ3) is 2.75. The summed E-state index contributed by atoms with van der Waals surface area (Å²) in [7, 11) is 0. The molecule has 0 saturated heterocycles. The van der Waals surface area contributed by atoms with E-state index in [1.165, 1.54) is 43.2 Å². The summed E-state index contributed by atoms with van der Waals surface area (Å²) in [6, 6.07) is 9.68. The van der Waals surface area contributed by atoms with E-state index in [0.717, 1.165) is 0 Å². The second-order valence-corrected chi connectivity index (χ2v) is 5.97. The normalized spacial score (nSPS) is 27.5. The summed E-state index contributed by atoms with van der Waals surface area (Å²) in [5.41, 5.74) is 8.85. The fourth-order valence-corrected chi connectivity index (χ4v) is 2.99. The van der Waals surface area contributed by atoms with Crippen molar-refractivity contribution in [1.29, 1.82) is 0 Å². The fourth-order valence-electron chi connectivity index (χ4n) is 2.99. The number of guanidine groups is 1. The highest BCUT2D eigenvalue weighted by atomic mass is 15.1. The van der Waals surface area contributed by atoms with Crippen LogP contribution in [0.1, 0.15) is 49.1 Å². The first-order chi connectivity index (χ1) is 9.22. The lowest BCUT2D eigenvalue weighted by atomic mass is 9.74. The van der Waals surface area contributed by atoms with E-state index >= 15 is 0 Å². The van der Waals surface area contributed by atoms with E-state index in [0.29, 0.717) is 24.0 Å². The van der Waals surface area contributed by atoms with Crippen molar-refractivity contribution in [1.82, 2.24) is 5.32 Å². The molecule has 3 rings (SSSR count). The Balaban J connectivity index is 1.50. The van der Waals surface area contributed by atoms with Crippen molar-refractivity contribution in [3.05, 3.63) is 35.4 Å². The van der Waals surface area contributed by atoms with Crippen LogP contribution in [0.15, 0.2) is 29.3 Å². The zero-order valence-electron chi connectivity index (χ0n) is 11.6. The standard InChI is InChI=1S/C16H23N3/c1-11-5-2-3-8-15(11)12-9-14(10-12)19-16(17)18-13-6-4-7-13/h2-3,5,8,12-14H,4,6-7,9-10H2,1H3,(H3,17,18,19). The molecule has 3 nitrogen and oxygen atoms in total. The second kappa shape index (κ2) is 5.24. The van der Waals surface area contributed by atoms with E-state index in [-0.39, 0.29) is 0 Å². The van der Waals surface area contributed by atoms with Gasteiger partial charge in [0, 0.05) is 6.04 Å². The Morgan fingerprint density at radius 2 is 2.00 bits per heavy atom. The van der Waals surface area contributed by atoms with Crippen molar-refractivity contribution >= 4 is 5.96 Å². The first-order valence-corrected chi connectivity index (χ1v) is 7.37. The van der Waals surface area contributed by atoms with Gasteiger partial charge < -0.3 is 11.1 Å². The molecular weight excluding hydrogens is 234 g/mol. The summed E-state index contributed by atoms with van der Waals surface area (Å²) in [6.07, 6.45) is 6.06. The van der Waals surface area contributed by atoms with Gasteiger partial charge in [-0.2, -0.15) is 0 Å². The van der Waals surface area contributed by atoms with E-state index in [1.807, 2.05) is 0 Å². The predicted molar refractivity (Wildman–Crippen MR) is 79.3 cm³/mol. The molecule has 102 valence electrons. The molecule has 3 heteroatoms. The van der Waals surface area contributed by atoms with Crippen LogP contribution in [-0.2, 0) is 0 Å². The van der Waals surface area contributed by atoms with Gasteiger partial charge in [0.15, 0.2) is 5.96 Å². The predicted octanol–water partition coefficient (Wildman–Crippen LogP) is 2.70. The maximum atomic E-state index is 5.95. The lowest BCUT2D eigenvalue weighted by Gasteiger charge is -2.37. The molecule has 2 saturated carbocycles. The molecule has 0 unspecified atom stereocenters. The Labute approximate surface area is 115 Å². The van der Waals surface area contributed by atoms with Crippen LogP contribution in [0.2, 0.25) is 0 Å². The van der Waals surface area contributed by atoms with Crippen LogP contribution in [0.5, 0.6) is 0 Å². The zero-order chi connectivity index (χ0) is 13.2. The molecule has 2 aliphatic rings. The monoisotopic (exact) mass is 257 g/mol. The van der Waals surface area contributed by atoms with Gasteiger partial charge in [-0.05, 0) is 56.1 Å². The Hall–Kier alpha value is -1.51. The number of hydrogen-bond acceptors (Lipinski definition) is 1. The second-order valence-electron chi connectivity index (χ2n) is 5.97. The molecule has 0 aliphatic heterocycles. The van der Waals surface area contributed by atoms with E-state index in [2.05, 4.69) is 41.5 Å². The van der Waals surface area contributed by atoms with Crippen LogP contribution >= 0.6 is 0 Å². The van der Waals surface area contributed by atoms with Gasteiger partial charge in [-0.1, -0.05) is 24.3 Å². The van der Waals surface area contributed by atoms with Crippen molar-refractivity contribution in [3.8, 4) is 0 Å². The van der Waals surface area contributed by atoms with Gasteiger partial charge in [0.2, 0.25) is 0 Å². The first kappa shape index (κ1) is 12.5. The maximum absolute atomic E-state index is 5.95. The van der Waals surface area contributed by atoms with Crippen molar-refractivity contribution in [2.45, 2.75) is 57.0 Å². The molecule has 3 N–H and O–H groups in total. The minimum atomic E-state index is 0.486. The van der Waals surface area contributed by atoms with Crippen LogP contribution in [-0.4, -0.2) is 18.0 Å². The quantitative estimate of drug-likeness (QED) is 0.646. The van der Waals surface area contributed by atoms with Gasteiger partial charge in [0.1, 0.15) is 0 Å². The zero-order valence-corrected chi connectivity index (χ0v) is 11.6. The summed E-state index contributed by atoms with van der Waals surface area (Å²) < 4.78 is 0. The summed E-state index contributed by atoms with van der Waals surface area (Å²) in [4.78, 5) is 4.50. The van der Waals surface area contributed by atoms with Gasteiger partial charge in [-0.15, -0.1) is 0 Å². The van der Waals surface area contributed by atoms with E-state index in [4.69, 9.17) is 5.73 Å². The molecule has 1 aromatic rings. The lowest BCUT2D eigenvalue weighted by molar-refractivity contribution is 0.321. The lowest BCUT2D eigenvalue weighted by Crippen LogP contribution is -2.47. The van der Waals surface area contributed by atoms with E-state index in [1.54, 1.807) is 0 Å². The van der Waals surface area contributed by atoms with Gasteiger partial charge in [0.25, 0.3) is 0 Å². The first-order valence-electron chi connectivity index (χ1n) is 7.37. The Morgan fingerprint density at radius 3 is 2.63 bits per heavy atom. The molecule has 1 aromatic carbocycles. The molecule has 0 aromatic heterocycles. The van der Waals surface area contributed by atoms with E-state index < -0.39 is 0 Å². The van der Waals surface area contributed by atoms with Crippen LogP contribution in [0.25, 0.3) is 0 Å². The molecule has 0 spiro atoms. The highest BCUT2D eigenvalue weighted by Crippen LogP contribution is 2.38. The molecule has 19 heavy (non-hydrogen) atoms. The van der Waals surface area contributed by atoms with Crippen LogP contribution < -0.4 is 11.1 Å². The number of rotatable bonds is 3. The molecular formula is C16H23N3. The van der Waals surface area contributed by atoms with E-state index in [9.17, 15) is 0 Å². The van der Waals surface area contributed by atoms with Gasteiger partial charge in [-0.3, -0.25) is 4.99 Å². The van der Waals surface area contributed by atoms with Crippen LogP contribution in [0.4, 0.5) is 0 Å². The smallest absolute Gasteiger partial charge is 0.189 e. The van der Waals surface area contributed by atoms with Crippen molar-refractivity contribution < 1.29 is 0 Å². The molecule has 2 fully saturated rings. The molecule has 0 atom stereocenters. The number of benzene rings is 1. The number of nitrogens with one attached hydrogen (secondary N) is 1. The Kier molecular flexibility index (Phi) is 3.45. The number of hydrogen-bond donors (Lipinski definition) is 2. The number of aliphatic imine (C=N–C) groups is 1. The third-order valence-electron chi connectivity index (χ3n) is 4.51. The number of nitrogens with zero attached hydrogens (tertiary/aromatic N) is 1. The topological polar surface area (TPSA) is 50.4 Å². The van der Waals surface area contributed by atoms with Crippen molar-refractivity contribution in [2.24, 2.45) is 10.7 Å². The molecule has 2 aliphatic carbocycles. The fraction of sp³-hybridized carbons (Fsp3) is 0.562. The van der Waals surface area contributed by atoms with Gasteiger partial charge in [-0.25, -0.2) is 0 Å². The minimum Gasteiger partial charge on any atom is -0.370 e. The van der Waals surface area contributed by atoms with Crippen LogP contribution in [0.3, 0.4) is 0 Å². The number of aryl methyl sites for hydroxylation is 1. The average Bonchev–Trinajstić information content (AvgIpc) is 2.29. The Morgan fingerprint density at radius 1 is 1.26 bits per heavy atom. The molecule has 0 bridgehead atoms. The summed E-state index contributed by atoms with van der Waals surface area (Å²) in [5.74, 6) is 1.34.